The molecule has 0 radical (unpaired) electrons. The monoisotopic (exact) mass is 489 g/mol. The molecule has 3 heterocycles. The number of carbonyl (C=O) groups is 2. The molecule has 1 saturated heterocycles. The summed E-state index contributed by atoms with van der Waals surface area (Å²) < 4.78 is 5.67. The number of aromatic nitrogens is 1. The molecule has 31 heavy (non-hydrogen) atoms. The number of anilines is 1. The zero-order chi connectivity index (χ0) is 21.8. The lowest BCUT2D eigenvalue weighted by Crippen LogP contribution is -2.31. The standard InChI is InChI=1S/C21H16ClN3O3S3/c22-16-6-2-1-4-13(16)10-15-12-23-20(30-15)24-18(26)7-8-25-19(27)17(31-21(25)29)11-14-5-3-9-28-14/h1-6,9,11-12H,7-8,10H2,(H,23,24,26). The average Bonchev–Trinajstić information content (AvgIpc) is 3.46. The second-order valence-electron chi connectivity index (χ2n) is 6.55. The summed E-state index contributed by atoms with van der Waals surface area (Å²) in [5.41, 5.74) is 1.00. The lowest BCUT2D eigenvalue weighted by molar-refractivity contribution is -0.122. The van der Waals surface area contributed by atoms with Gasteiger partial charge in [-0.25, -0.2) is 4.98 Å². The quantitative estimate of drug-likeness (QED) is 0.362. The molecule has 158 valence electrons. The molecule has 1 aliphatic rings. The van der Waals surface area contributed by atoms with Crippen LogP contribution in [0.3, 0.4) is 0 Å². The number of hydrogen-bond acceptors (Lipinski definition) is 7. The number of amides is 2. The van der Waals surface area contributed by atoms with Crippen LogP contribution in [0.15, 0.2) is 58.2 Å². The van der Waals surface area contributed by atoms with Gasteiger partial charge in [0.25, 0.3) is 5.91 Å². The van der Waals surface area contributed by atoms with Crippen LogP contribution in [0.4, 0.5) is 5.13 Å². The van der Waals surface area contributed by atoms with Gasteiger partial charge >= 0.3 is 0 Å². The molecule has 2 aromatic heterocycles. The SMILES string of the molecule is O=C(CCN1C(=O)C(=Cc2ccco2)SC1=S)Nc1ncc(Cc2ccccc2Cl)s1. The number of thiocarbonyl (C=S) groups is 1. The number of thiazole rings is 1. The van der Waals surface area contributed by atoms with Crippen molar-refractivity contribution >= 4 is 74.3 Å². The van der Waals surface area contributed by atoms with E-state index in [4.69, 9.17) is 28.2 Å². The highest BCUT2D eigenvalue weighted by Gasteiger charge is 2.32. The molecule has 0 spiro atoms. The van der Waals surface area contributed by atoms with Crippen molar-refractivity contribution in [2.45, 2.75) is 12.8 Å². The minimum absolute atomic E-state index is 0.111. The summed E-state index contributed by atoms with van der Waals surface area (Å²) in [6.07, 6.45) is 5.67. The summed E-state index contributed by atoms with van der Waals surface area (Å²) in [4.78, 5) is 32.1. The Morgan fingerprint density at radius 1 is 1.29 bits per heavy atom. The van der Waals surface area contributed by atoms with Crippen LogP contribution in [0.25, 0.3) is 6.08 Å². The fourth-order valence-electron chi connectivity index (χ4n) is 2.87. The maximum Gasteiger partial charge on any atom is 0.266 e. The summed E-state index contributed by atoms with van der Waals surface area (Å²) in [6.45, 7) is 0.198. The van der Waals surface area contributed by atoms with Crippen LogP contribution in [-0.2, 0) is 16.0 Å². The van der Waals surface area contributed by atoms with Crippen LogP contribution >= 0.6 is 46.9 Å². The number of carbonyl (C=O) groups excluding carboxylic acids is 2. The van der Waals surface area contributed by atoms with E-state index in [1.54, 1.807) is 24.4 Å². The zero-order valence-electron chi connectivity index (χ0n) is 16.0. The van der Waals surface area contributed by atoms with Crippen molar-refractivity contribution in [3.8, 4) is 0 Å². The maximum absolute atomic E-state index is 12.6. The Morgan fingerprint density at radius 3 is 2.90 bits per heavy atom. The number of halogens is 1. The van der Waals surface area contributed by atoms with Crippen molar-refractivity contribution in [3.05, 3.63) is 75.0 Å². The Morgan fingerprint density at radius 2 is 2.13 bits per heavy atom. The first-order valence-corrected chi connectivity index (χ1v) is 11.7. The van der Waals surface area contributed by atoms with E-state index in [-0.39, 0.29) is 24.8 Å². The number of rotatable bonds is 7. The third kappa shape index (κ3) is 5.43. The summed E-state index contributed by atoms with van der Waals surface area (Å²) in [7, 11) is 0. The van der Waals surface area contributed by atoms with Crippen LogP contribution in [-0.4, -0.2) is 32.6 Å². The van der Waals surface area contributed by atoms with Crippen molar-refractivity contribution in [2.24, 2.45) is 0 Å². The fourth-order valence-corrected chi connectivity index (χ4v) is 5.21. The molecule has 1 N–H and O–H groups in total. The van der Waals surface area contributed by atoms with Gasteiger partial charge in [-0.2, -0.15) is 0 Å². The van der Waals surface area contributed by atoms with Gasteiger partial charge in [0.2, 0.25) is 5.91 Å². The van der Waals surface area contributed by atoms with Gasteiger partial charge in [0.1, 0.15) is 10.1 Å². The van der Waals surface area contributed by atoms with Crippen LogP contribution in [0.5, 0.6) is 0 Å². The Balaban J connectivity index is 1.31. The smallest absolute Gasteiger partial charge is 0.266 e. The molecule has 0 unspecified atom stereocenters. The van der Waals surface area contributed by atoms with E-state index < -0.39 is 0 Å². The summed E-state index contributed by atoms with van der Waals surface area (Å²) >= 11 is 14.1. The molecule has 1 fully saturated rings. The van der Waals surface area contributed by atoms with E-state index in [9.17, 15) is 9.59 Å². The molecule has 1 aromatic carbocycles. The third-order valence-corrected chi connectivity index (χ3v) is 7.03. The highest BCUT2D eigenvalue weighted by atomic mass is 35.5. The molecular weight excluding hydrogens is 474 g/mol. The molecule has 0 saturated carbocycles. The Labute approximate surface area is 197 Å². The van der Waals surface area contributed by atoms with Gasteiger partial charge in [-0.05, 0) is 23.8 Å². The van der Waals surface area contributed by atoms with Gasteiger partial charge in [0.15, 0.2) is 5.13 Å². The lowest BCUT2D eigenvalue weighted by Gasteiger charge is -2.13. The molecule has 3 aromatic rings. The maximum atomic E-state index is 12.6. The van der Waals surface area contributed by atoms with E-state index in [0.717, 1.165) is 10.4 Å². The lowest BCUT2D eigenvalue weighted by atomic mass is 10.1. The van der Waals surface area contributed by atoms with Gasteiger partial charge in [-0.15, -0.1) is 11.3 Å². The number of nitrogens with one attached hydrogen (secondary N) is 1. The van der Waals surface area contributed by atoms with E-state index in [1.807, 2.05) is 24.3 Å². The van der Waals surface area contributed by atoms with Crippen molar-refractivity contribution in [1.29, 1.82) is 0 Å². The highest BCUT2D eigenvalue weighted by molar-refractivity contribution is 8.26. The molecule has 0 bridgehead atoms. The van der Waals surface area contributed by atoms with Gasteiger partial charge in [-0.3, -0.25) is 14.5 Å². The Bertz CT molecular complexity index is 1160. The van der Waals surface area contributed by atoms with Crippen LogP contribution in [0.1, 0.15) is 22.6 Å². The van der Waals surface area contributed by atoms with E-state index in [0.29, 0.717) is 31.6 Å². The first kappa shape index (κ1) is 21.8. The molecule has 4 rings (SSSR count). The number of thioether (sulfide) groups is 1. The minimum atomic E-state index is -0.234. The van der Waals surface area contributed by atoms with Crippen molar-refractivity contribution in [3.63, 3.8) is 0 Å². The summed E-state index contributed by atoms with van der Waals surface area (Å²) in [5.74, 6) is 0.118. The number of furan rings is 1. The predicted molar refractivity (Wildman–Crippen MR) is 128 cm³/mol. The normalized spacial score (nSPS) is 15.1. The van der Waals surface area contributed by atoms with Crippen LogP contribution < -0.4 is 5.32 Å². The van der Waals surface area contributed by atoms with Crippen LogP contribution in [0, 0.1) is 0 Å². The molecule has 6 nitrogen and oxygen atoms in total. The topological polar surface area (TPSA) is 75.4 Å². The van der Waals surface area contributed by atoms with E-state index in [2.05, 4.69) is 10.3 Å². The van der Waals surface area contributed by atoms with E-state index >= 15 is 0 Å². The highest BCUT2D eigenvalue weighted by Crippen LogP contribution is 2.32. The Kier molecular flexibility index (Phi) is 6.86. The number of benzene rings is 1. The van der Waals surface area contributed by atoms with Crippen molar-refractivity contribution < 1.29 is 14.0 Å². The van der Waals surface area contributed by atoms with Gasteiger partial charge in [0, 0.05) is 41.6 Å². The molecular formula is C21H16ClN3O3S3. The fraction of sp³-hybridized carbons (Fsp3) is 0.143. The summed E-state index contributed by atoms with van der Waals surface area (Å²) in [5, 5.41) is 3.99. The molecule has 10 heteroatoms. The largest absolute Gasteiger partial charge is 0.465 e. The van der Waals surface area contributed by atoms with Gasteiger partial charge in [0.05, 0.1) is 11.2 Å². The van der Waals surface area contributed by atoms with Gasteiger partial charge < -0.3 is 9.73 Å². The summed E-state index contributed by atoms with van der Waals surface area (Å²) in [6, 6.07) is 11.1. The predicted octanol–water partition coefficient (Wildman–Crippen LogP) is 5.21. The molecule has 1 aliphatic heterocycles. The van der Waals surface area contributed by atoms with Crippen molar-refractivity contribution in [1.82, 2.24) is 9.88 Å². The average molecular weight is 490 g/mol. The number of hydrogen-bond donors (Lipinski definition) is 1. The zero-order valence-corrected chi connectivity index (χ0v) is 19.2. The van der Waals surface area contributed by atoms with Crippen molar-refractivity contribution in [2.75, 3.05) is 11.9 Å². The molecule has 0 atom stereocenters. The van der Waals surface area contributed by atoms with Gasteiger partial charge in [-0.1, -0.05) is 53.8 Å². The Hall–Kier alpha value is -2.46. The molecule has 2 amide bonds. The number of nitrogens with zero attached hydrogens (tertiary/aromatic N) is 2. The van der Waals surface area contributed by atoms with Crippen LogP contribution in [0.2, 0.25) is 5.02 Å². The van der Waals surface area contributed by atoms with E-state index in [1.165, 1.54) is 34.3 Å². The first-order valence-electron chi connectivity index (χ1n) is 9.26. The first-order chi connectivity index (χ1) is 15.0. The minimum Gasteiger partial charge on any atom is -0.465 e. The molecule has 0 aliphatic carbocycles. The second-order valence-corrected chi connectivity index (χ2v) is 9.75. The third-order valence-electron chi connectivity index (χ3n) is 4.38. The second kappa shape index (κ2) is 9.78.